The third-order valence-corrected chi connectivity index (χ3v) is 7.30. The average Bonchev–Trinajstić information content (AvgIpc) is 2.93. The molecule has 154 valence electrons. The SMILES string of the molecule is CCOC(=O)c1ccc(N2C(=O)CC(NC34CC5CC(CC(C5)C3)C4)C2=O)cc1. The molecule has 5 fully saturated rings. The second-order valence-electron chi connectivity index (χ2n) is 9.43. The number of carbonyl (C=O) groups excluding carboxylic acids is 3. The van der Waals surface area contributed by atoms with E-state index in [-0.39, 0.29) is 23.8 Å². The predicted octanol–water partition coefficient (Wildman–Crippen LogP) is 3.05. The van der Waals surface area contributed by atoms with E-state index in [1.165, 1.54) is 24.2 Å². The maximum absolute atomic E-state index is 13.1. The Bertz CT molecular complexity index is 812. The predicted molar refractivity (Wildman–Crippen MR) is 107 cm³/mol. The molecule has 2 amide bonds. The Labute approximate surface area is 171 Å². The topological polar surface area (TPSA) is 75.7 Å². The molecule has 0 spiro atoms. The summed E-state index contributed by atoms with van der Waals surface area (Å²) in [6.07, 6.45) is 7.67. The summed E-state index contributed by atoms with van der Waals surface area (Å²) in [5.41, 5.74) is 0.972. The van der Waals surface area contributed by atoms with E-state index in [2.05, 4.69) is 5.32 Å². The van der Waals surface area contributed by atoms with Gasteiger partial charge in [-0.1, -0.05) is 0 Å². The molecule has 1 unspecified atom stereocenters. The van der Waals surface area contributed by atoms with E-state index < -0.39 is 12.0 Å². The molecule has 1 aliphatic heterocycles. The summed E-state index contributed by atoms with van der Waals surface area (Å²) in [7, 11) is 0. The van der Waals surface area contributed by atoms with E-state index in [0.29, 0.717) is 17.9 Å². The molecule has 1 atom stereocenters. The summed E-state index contributed by atoms with van der Waals surface area (Å²) >= 11 is 0. The van der Waals surface area contributed by atoms with Crippen LogP contribution in [0.4, 0.5) is 5.69 Å². The van der Waals surface area contributed by atoms with Crippen LogP contribution in [0.15, 0.2) is 24.3 Å². The molecular weight excluding hydrogens is 368 g/mol. The highest BCUT2D eigenvalue weighted by Crippen LogP contribution is 2.55. The largest absolute Gasteiger partial charge is 0.462 e. The van der Waals surface area contributed by atoms with E-state index >= 15 is 0 Å². The molecule has 1 aromatic rings. The van der Waals surface area contributed by atoms with Crippen LogP contribution in [0.25, 0.3) is 0 Å². The quantitative estimate of drug-likeness (QED) is 0.612. The van der Waals surface area contributed by atoms with E-state index in [9.17, 15) is 14.4 Å². The third kappa shape index (κ3) is 3.27. The molecule has 4 bridgehead atoms. The summed E-state index contributed by atoms with van der Waals surface area (Å²) in [5, 5.41) is 3.66. The lowest BCUT2D eigenvalue weighted by atomic mass is 9.53. The van der Waals surface area contributed by atoms with Crippen molar-refractivity contribution in [3.8, 4) is 0 Å². The number of rotatable bonds is 5. The molecule has 0 radical (unpaired) electrons. The second kappa shape index (κ2) is 6.94. The lowest BCUT2D eigenvalue weighted by Crippen LogP contribution is -2.61. The van der Waals surface area contributed by atoms with E-state index in [1.807, 2.05) is 0 Å². The molecule has 6 nitrogen and oxygen atoms in total. The lowest BCUT2D eigenvalue weighted by molar-refractivity contribution is -0.122. The average molecular weight is 396 g/mol. The Morgan fingerprint density at radius 3 is 2.21 bits per heavy atom. The van der Waals surface area contributed by atoms with Gasteiger partial charge in [0.15, 0.2) is 0 Å². The van der Waals surface area contributed by atoms with Crippen molar-refractivity contribution < 1.29 is 19.1 Å². The molecule has 1 aromatic carbocycles. The molecular formula is C23H28N2O4. The van der Waals surface area contributed by atoms with E-state index in [1.54, 1.807) is 31.2 Å². The first-order valence-electron chi connectivity index (χ1n) is 10.9. The second-order valence-corrected chi connectivity index (χ2v) is 9.43. The third-order valence-electron chi connectivity index (χ3n) is 7.30. The van der Waals surface area contributed by atoms with Gasteiger partial charge in [0.1, 0.15) is 0 Å². The number of benzene rings is 1. The van der Waals surface area contributed by atoms with Gasteiger partial charge in [-0.3, -0.25) is 14.9 Å². The van der Waals surface area contributed by atoms with Gasteiger partial charge in [0.05, 0.1) is 30.3 Å². The zero-order valence-electron chi connectivity index (χ0n) is 16.9. The highest BCUT2D eigenvalue weighted by molar-refractivity contribution is 6.22. The minimum atomic E-state index is -0.441. The van der Waals surface area contributed by atoms with Crippen molar-refractivity contribution >= 4 is 23.5 Å². The van der Waals surface area contributed by atoms with Gasteiger partial charge in [0, 0.05) is 5.54 Å². The van der Waals surface area contributed by atoms with Crippen LogP contribution in [-0.2, 0) is 14.3 Å². The van der Waals surface area contributed by atoms with Crippen LogP contribution < -0.4 is 10.2 Å². The first kappa shape index (κ1) is 18.8. The maximum Gasteiger partial charge on any atom is 0.338 e. The number of imide groups is 1. The standard InChI is InChI=1S/C23H28N2O4/c1-2-29-22(28)17-3-5-18(6-4-17)25-20(26)10-19(21(25)27)24-23-11-14-7-15(12-23)9-16(8-14)13-23/h3-6,14-16,19,24H,2,7-13H2,1H3. The van der Waals surface area contributed by atoms with Gasteiger partial charge in [-0.15, -0.1) is 0 Å². The number of anilines is 1. The molecule has 6 rings (SSSR count). The van der Waals surface area contributed by atoms with Gasteiger partial charge in [-0.05, 0) is 87.5 Å². The summed E-state index contributed by atoms with van der Waals surface area (Å²) in [6.45, 7) is 2.06. The highest BCUT2D eigenvalue weighted by Gasteiger charge is 2.53. The molecule has 4 saturated carbocycles. The number of ether oxygens (including phenoxy) is 1. The number of nitrogens with zero attached hydrogens (tertiary/aromatic N) is 1. The fraction of sp³-hybridized carbons (Fsp3) is 0.609. The Morgan fingerprint density at radius 1 is 1.07 bits per heavy atom. The number of amides is 2. The van der Waals surface area contributed by atoms with Gasteiger partial charge in [-0.25, -0.2) is 9.69 Å². The number of hydrogen-bond acceptors (Lipinski definition) is 5. The Kier molecular flexibility index (Phi) is 4.50. The summed E-state index contributed by atoms with van der Waals surface area (Å²) in [4.78, 5) is 38.9. The number of hydrogen-bond donors (Lipinski definition) is 1. The highest BCUT2D eigenvalue weighted by atomic mass is 16.5. The van der Waals surface area contributed by atoms with E-state index in [4.69, 9.17) is 4.74 Å². The van der Waals surface area contributed by atoms with E-state index in [0.717, 1.165) is 37.0 Å². The fourth-order valence-electron chi connectivity index (χ4n) is 6.63. The van der Waals surface area contributed by atoms with Gasteiger partial charge in [0.25, 0.3) is 5.91 Å². The van der Waals surface area contributed by atoms with Gasteiger partial charge >= 0.3 is 5.97 Å². The number of esters is 1. The number of carbonyl (C=O) groups is 3. The zero-order chi connectivity index (χ0) is 20.2. The van der Waals surface area contributed by atoms with Crippen LogP contribution >= 0.6 is 0 Å². The molecule has 6 heteroatoms. The van der Waals surface area contributed by atoms with Gasteiger partial charge < -0.3 is 4.74 Å². The van der Waals surface area contributed by atoms with Crippen LogP contribution in [0.3, 0.4) is 0 Å². The Balaban J connectivity index is 1.31. The zero-order valence-corrected chi connectivity index (χ0v) is 16.9. The smallest absolute Gasteiger partial charge is 0.338 e. The van der Waals surface area contributed by atoms with Crippen LogP contribution in [0.1, 0.15) is 62.2 Å². The summed E-state index contributed by atoms with van der Waals surface area (Å²) < 4.78 is 4.99. The van der Waals surface area contributed by atoms with Gasteiger partial charge in [-0.2, -0.15) is 0 Å². The Morgan fingerprint density at radius 2 is 1.66 bits per heavy atom. The maximum atomic E-state index is 13.1. The van der Waals surface area contributed by atoms with Crippen molar-refractivity contribution in [1.29, 1.82) is 0 Å². The molecule has 4 aliphatic carbocycles. The molecule has 29 heavy (non-hydrogen) atoms. The molecule has 1 heterocycles. The first-order chi connectivity index (χ1) is 14.0. The number of nitrogens with one attached hydrogen (secondary N) is 1. The van der Waals surface area contributed by atoms with Crippen molar-refractivity contribution in [2.75, 3.05) is 11.5 Å². The van der Waals surface area contributed by atoms with Crippen LogP contribution in [0.5, 0.6) is 0 Å². The molecule has 5 aliphatic rings. The van der Waals surface area contributed by atoms with Crippen LogP contribution in [0.2, 0.25) is 0 Å². The van der Waals surface area contributed by atoms with Gasteiger partial charge in [0.2, 0.25) is 5.91 Å². The minimum Gasteiger partial charge on any atom is -0.462 e. The minimum absolute atomic E-state index is 0.0408. The van der Waals surface area contributed by atoms with Crippen molar-refractivity contribution in [1.82, 2.24) is 5.32 Å². The van der Waals surface area contributed by atoms with Crippen molar-refractivity contribution in [3.05, 3.63) is 29.8 Å². The molecule has 1 N–H and O–H groups in total. The van der Waals surface area contributed by atoms with Crippen LogP contribution in [0, 0.1) is 17.8 Å². The summed E-state index contributed by atoms with van der Waals surface area (Å²) in [6, 6.07) is 6.06. The molecule has 0 aromatic heterocycles. The molecule has 1 saturated heterocycles. The lowest BCUT2D eigenvalue weighted by Gasteiger charge is -2.57. The van der Waals surface area contributed by atoms with Crippen molar-refractivity contribution in [3.63, 3.8) is 0 Å². The van der Waals surface area contributed by atoms with Crippen molar-refractivity contribution in [2.24, 2.45) is 17.8 Å². The van der Waals surface area contributed by atoms with Crippen LogP contribution in [-0.4, -0.2) is 36.0 Å². The first-order valence-corrected chi connectivity index (χ1v) is 10.9. The summed E-state index contributed by atoms with van der Waals surface area (Å²) in [5.74, 6) is 1.60. The Hall–Kier alpha value is -2.21. The van der Waals surface area contributed by atoms with Crippen molar-refractivity contribution in [2.45, 2.75) is 63.5 Å². The monoisotopic (exact) mass is 396 g/mol. The normalized spacial score (nSPS) is 35.4. The fourth-order valence-corrected chi connectivity index (χ4v) is 6.63.